The van der Waals surface area contributed by atoms with Crippen molar-refractivity contribution >= 4 is 23.3 Å². The number of nitrogens with one attached hydrogen (secondary N) is 1. The number of carbonyl (C=O) groups is 3. The second-order valence-corrected chi connectivity index (χ2v) is 6.93. The van der Waals surface area contributed by atoms with E-state index in [1.165, 1.54) is 7.11 Å². The van der Waals surface area contributed by atoms with Crippen molar-refractivity contribution in [2.24, 2.45) is 0 Å². The highest BCUT2D eigenvalue weighted by Crippen LogP contribution is 2.36. The van der Waals surface area contributed by atoms with E-state index in [2.05, 4.69) is 10.1 Å². The topological polar surface area (TPSA) is 81.7 Å². The zero-order valence-electron chi connectivity index (χ0n) is 16.5. The first-order chi connectivity index (χ1) is 14.5. The molecule has 0 atom stereocenters. The highest BCUT2D eigenvalue weighted by Gasteiger charge is 2.27. The molecule has 1 aliphatic rings. The standard InChI is InChI=1S/C24H19NO5/c1-14-11-16(30-13-22(26)29-2)8-10-21(14)25-24(28)15-7-9-18-17-5-3-4-6-19(17)23(27)20(18)12-15/h3-12H,13H2,1-2H3,(H,25,28). The first-order valence-corrected chi connectivity index (χ1v) is 9.37. The van der Waals surface area contributed by atoms with Crippen LogP contribution in [-0.2, 0) is 9.53 Å². The molecule has 1 N–H and O–H groups in total. The van der Waals surface area contributed by atoms with Crippen molar-refractivity contribution in [2.75, 3.05) is 19.0 Å². The smallest absolute Gasteiger partial charge is 0.343 e. The van der Waals surface area contributed by atoms with Crippen molar-refractivity contribution in [1.82, 2.24) is 0 Å². The summed E-state index contributed by atoms with van der Waals surface area (Å²) in [6.45, 7) is 1.64. The monoisotopic (exact) mass is 401 g/mol. The zero-order chi connectivity index (χ0) is 21.3. The largest absolute Gasteiger partial charge is 0.482 e. The molecule has 6 nitrogen and oxygen atoms in total. The summed E-state index contributed by atoms with van der Waals surface area (Å²) >= 11 is 0. The van der Waals surface area contributed by atoms with Crippen LogP contribution in [0.15, 0.2) is 60.7 Å². The fraction of sp³-hybridized carbons (Fsp3) is 0.125. The maximum atomic E-state index is 12.8. The number of esters is 1. The van der Waals surface area contributed by atoms with Crippen molar-refractivity contribution in [2.45, 2.75) is 6.92 Å². The van der Waals surface area contributed by atoms with Crippen LogP contribution < -0.4 is 10.1 Å². The summed E-state index contributed by atoms with van der Waals surface area (Å²) in [6, 6.07) is 17.7. The highest BCUT2D eigenvalue weighted by atomic mass is 16.6. The van der Waals surface area contributed by atoms with Gasteiger partial charge in [0.25, 0.3) is 5.91 Å². The van der Waals surface area contributed by atoms with Gasteiger partial charge < -0.3 is 14.8 Å². The van der Waals surface area contributed by atoms with Crippen molar-refractivity contribution in [1.29, 1.82) is 0 Å². The molecule has 3 aromatic carbocycles. The number of hydrogen-bond acceptors (Lipinski definition) is 5. The zero-order valence-corrected chi connectivity index (χ0v) is 16.5. The second-order valence-electron chi connectivity index (χ2n) is 6.93. The molecule has 0 fully saturated rings. The molecule has 0 saturated heterocycles. The summed E-state index contributed by atoms with van der Waals surface area (Å²) < 4.78 is 9.89. The van der Waals surface area contributed by atoms with E-state index in [-0.39, 0.29) is 18.3 Å². The average Bonchev–Trinajstić information content (AvgIpc) is 3.05. The van der Waals surface area contributed by atoms with Crippen LogP contribution in [0.5, 0.6) is 5.75 Å². The Labute approximate surface area is 173 Å². The predicted octanol–water partition coefficient (Wildman–Crippen LogP) is 4.01. The number of ether oxygens (including phenoxy) is 2. The number of anilines is 1. The number of ketones is 1. The molecule has 3 aromatic rings. The molecule has 6 heteroatoms. The van der Waals surface area contributed by atoms with E-state index >= 15 is 0 Å². The molecule has 0 saturated carbocycles. The number of benzene rings is 3. The van der Waals surface area contributed by atoms with Gasteiger partial charge in [0.1, 0.15) is 5.75 Å². The molecule has 4 rings (SSSR count). The Morgan fingerprint density at radius 2 is 1.63 bits per heavy atom. The van der Waals surface area contributed by atoms with E-state index < -0.39 is 5.97 Å². The lowest BCUT2D eigenvalue weighted by Gasteiger charge is -2.11. The van der Waals surface area contributed by atoms with Gasteiger partial charge in [0.05, 0.1) is 7.11 Å². The van der Waals surface area contributed by atoms with E-state index in [0.29, 0.717) is 28.1 Å². The van der Waals surface area contributed by atoms with Crippen LogP contribution in [0.1, 0.15) is 31.8 Å². The summed E-state index contributed by atoms with van der Waals surface area (Å²) in [5.74, 6) is -0.360. The number of aryl methyl sites for hydroxylation is 1. The summed E-state index contributed by atoms with van der Waals surface area (Å²) in [5, 5.41) is 2.86. The van der Waals surface area contributed by atoms with Crippen molar-refractivity contribution in [3.05, 3.63) is 82.9 Å². The van der Waals surface area contributed by atoms with Gasteiger partial charge in [0.2, 0.25) is 0 Å². The molecule has 0 aromatic heterocycles. The molecule has 0 bridgehead atoms. The van der Waals surface area contributed by atoms with Gasteiger partial charge >= 0.3 is 5.97 Å². The molecule has 1 aliphatic carbocycles. The molecule has 0 heterocycles. The number of hydrogen-bond donors (Lipinski definition) is 1. The maximum Gasteiger partial charge on any atom is 0.343 e. The molecule has 0 unspecified atom stereocenters. The lowest BCUT2D eigenvalue weighted by molar-refractivity contribution is -0.142. The molecule has 0 spiro atoms. The third-order valence-corrected chi connectivity index (χ3v) is 5.02. The van der Waals surface area contributed by atoms with Crippen LogP contribution in [0.2, 0.25) is 0 Å². The molecule has 30 heavy (non-hydrogen) atoms. The minimum atomic E-state index is -0.474. The summed E-state index contributed by atoms with van der Waals surface area (Å²) in [4.78, 5) is 36.6. The fourth-order valence-corrected chi connectivity index (χ4v) is 3.43. The third-order valence-electron chi connectivity index (χ3n) is 5.02. The van der Waals surface area contributed by atoms with Crippen molar-refractivity contribution in [3.8, 4) is 16.9 Å². The minimum Gasteiger partial charge on any atom is -0.482 e. The average molecular weight is 401 g/mol. The quantitative estimate of drug-likeness (QED) is 0.511. The van der Waals surface area contributed by atoms with Gasteiger partial charge in [-0.3, -0.25) is 9.59 Å². The highest BCUT2D eigenvalue weighted by molar-refractivity contribution is 6.22. The van der Waals surface area contributed by atoms with E-state index in [9.17, 15) is 14.4 Å². The van der Waals surface area contributed by atoms with E-state index in [0.717, 1.165) is 16.7 Å². The van der Waals surface area contributed by atoms with Gasteiger partial charge in [-0.1, -0.05) is 30.3 Å². The molecular weight excluding hydrogens is 382 g/mol. The van der Waals surface area contributed by atoms with Gasteiger partial charge in [-0.2, -0.15) is 0 Å². The van der Waals surface area contributed by atoms with Gasteiger partial charge in [0, 0.05) is 22.4 Å². The molecule has 150 valence electrons. The van der Waals surface area contributed by atoms with E-state index in [1.54, 1.807) is 36.4 Å². The van der Waals surface area contributed by atoms with Gasteiger partial charge in [-0.15, -0.1) is 0 Å². The Balaban J connectivity index is 1.51. The molecule has 0 radical (unpaired) electrons. The van der Waals surface area contributed by atoms with Crippen molar-refractivity contribution < 1.29 is 23.9 Å². The van der Waals surface area contributed by atoms with E-state index in [1.807, 2.05) is 31.2 Å². The number of carbonyl (C=O) groups excluding carboxylic acids is 3. The van der Waals surface area contributed by atoms with Crippen molar-refractivity contribution in [3.63, 3.8) is 0 Å². The number of rotatable bonds is 5. The Kier molecular flexibility index (Phi) is 5.06. The van der Waals surface area contributed by atoms with Crippen LogP contribution in [0.3, 0.4) is 0 Å². The lowest BCUT2D eigenvalue weighted by atomic mass is 10.0. The molecule has 0 aliphatic heterocycles. The number of fused-ring (bicyclic) bond motifs is 3. The maximum absolute atomic E-state index is 12.8. The van der Waals surface area contributed by atoms with Gasteiger partial charge in [0.15, 0.2) is 12.4 Å². The van der Waals surface area contributed by atoms with Gasteiger partial charge in [-0.25, -0.2) is 4.79 Å². The third kappa shape index (κ3) is 3.55. The summed E-state index contributed by atoms with van der Waals surface area (Å²) in [5.41, 5.74) is 4.71. The SMILES string of the molecule is COC(=O)COc1ccc(NC(=O)c2ccc3c(c2)C(=O)c2ccccc2-3)c(C)c1. The van der Waals surface area contributed by atoms with Crippen LogP contribution in [-0.4, -0.2) is 31.4 Å². The van der Waals surface area contributed by atoms with Gasteiger partial charge in [-0.05, 0) is 53.9 Å². The summed E-state index contributed by atoms with van der Waals surface area (Å²) in [6.07, 6.45) is 0. The Bertz CT molecular complexity index is 1180. The Morgan fingerprint density at radius 3 is 2.37 bits per heavy atom. The molecule has 1 amide bonds. The second kappa shape index (κ2) is 7.83. The predicted molar refractivity (Wildman–Crippen MR) is 112 cm³/mol. The van der Waals surface area contributed by atoms with Crippen LogP contribution >= 0.6 is 0 Å². The normalized spacial score (nSPS) is 11.5. The van der Waals surface area contributed by atoms with Crippen LogP contribution in [0.4, 0.5) is 5.69 Å². The lowest BCUT2D eigenvalue weighted by Crippen LogP contribution is -2.14. The molecular formula is C24H19NO5. The first-order valence-electron chi connectivity index (χ1n) is 9.37. The first kappa shape index (κ1) is 19.4. The fourth-order valence-electron chi connectivity index (χ4n) is 3.43. The Hall–Kier alpha value is -3.93. The van der Waals surface area contributed by atoms with Crippen LogP contribution in [0.25, 0.3) is 11.1 Å². The summed E-state index contributed by atoms with van der Waals surface area (Å²) in [7, 11) is 1.29. The minimum absolute atomic E-state index is 0.0708. The van der Waals surface area contributed by atoms with E-state index in [4.69, 9.17) is 4.74 Å². The number of amides is 1. The number of methoxy groups -OCH3 is 1. The van der Waals surface area contributed by atoms with Crippen LogP contribution in [0, 0.1) is 6.92 Å². The Morgan fingerprint density at radius 1 is 0.900 bits per heavy atom.